The summed E-state index contributed by atoms with van der Waals surface area (Å²) < 4.78 is 11.2. The molecule has 4 rings (SSSR count). The molecule has 1 saturated carbocycles. The van der Waals surface area contributed by atoms with Crippen LogP contribution in [-0.2, 0) is 31.9 Å². The van der Waals surface area contributed by atoms with Gasteiger partial charge in [-0.25, -0.2) is 9.78 Å². The van der Waals surface area contributed by atoms with Gasteiger partial charge in [0.1, 0.15) is 11.9 Å². The maximum Gasteiger partial charge on any atom is 0.326 e. The number of carboxylic acids is 1. The van der Waals surface area contributed by atoms with Gasteiger partial charge < -0.3 is 25.2 Å². The number of fused-ring (bicyclic) bond motifs is 1. The highest BCUT2D eigenvalue weighted by Crippen LogP contribution is 2.34. The fraction of sp³-hybridized carbons (Fsp3) is 0.720. The molecule has 0 spiro atoms. The molecule has 2 aliphatic heterocycles. The molecule has 182 valence electrons. The number of carboxylic acid groups (broad SMARTS) is 1. The highest BCUT2D eigenvalue weighted by Gasteiger charge is 2.37. The zero-order chi connectivity index (χ0) is 23.3. The lowest BCUT2D eigenvalue weighted by Crippen LogP contribution is -2.49. The second kappa shape index (κ2) is 10.8. The second-order valence-corrected chi connectivity index (χ2v) is 10.0. The lowest BCUT2D eigenvalue weighted by molar-refractivity contribution is -0.146. The summed E-state index contributed by atoms with van der Waals surface area (Å²) in [5.41, 5.74) is 1.90. The van der Waals surface area contributed by atoms with Gasteiger partial charge in [0, 0.05) is 38.5 Å². The summed E-state index contributed by atoms with van der Waals surface area (Å²) >= 11 is 0. The number of rotatable bonds is 10. The normalized spacial score (nSPS) is 24.6. The number of hydrogen-bond donors (Lipinski definition) is 3. The predicted octanol–water partition coefficient (Wildman–Crippen LogP) is 2.94. The van der Waals surface area contributed by atoms with Gasteiger partial charge in [-0.15, -0.1) is 0 Å². The standard InChI is InChI=1S/C25H37N3O5/c1-25(9-13-32-14-10-25)24(31)28-21(23(29)30)8-12-33-20-15-17(16-20)4-6-19-7-5-18-3-2-11-26-22(18)27-19/h5,7,17,20-21H,2-4,6,8-16H2,1H3,(H,26,27)(H,28,31)(H,29,30)/t17-,20+,21?. The molecule has 8 heteroatoms. The monoisotopic (exact) mass is 459 g/mol. The largest absolute Gasteiger partial charge is 0.480 e. The zero-order valence-corrected chi connectivity index (χ0v) is 19.6. The number of carbonyl (C=O) groups excluding carboxylic acids is 1. The van der Waals surface area contributed by atoms with Crippen LogP contribution in [0.25, 0.3) is 0 Å². The van der Waals surface area contributed by atoms with E-state index < -0.39 is 17.4 Å². The van der Waals surface area contributed by atoms with Gasteiger partial charge in [-0.1, -0.05) is 13.0 Å². The van der Waals surface area contributed by atoms with E-state index in [1.165, 1.54) is 12.0 Å². The molecule has 8 nitrogen and oxygen atoms in total. The Kier molecular flexibility index (Phi) is 7.86. The molecule has 3 aliphatic rings. The molecule has 1 aromatic heterocycles. The predicted molar refractivity (Wildman–Crippen MR) is 124 cm³/mol. The van der Waals surface area contributed by atoms with Crippen LogP contribution in [0.2, 0.25) is 0 Å². The molecule has 1 aromatic rings. The number of aromatic nitrogens is 1. The van der Waals surface area contributed by atoms with E-state index in [4.69, 9.17) is 14.5 Å². The molecule has 1 aliphatic carbocycles. The number of nitrogens with one attached hydrogen (secondary N) is 2. The van der Waals surface area contributed by atoms with Gasteiger partial charge in [0.25, 0.3) is 0 Å². The van der Waals surface area contributed by atoms with Crippen molar-refractivity contribution < 1.29 is 24.2 Å². The first-order chi connectivity index (χ1) is 15.9. The molecule has 3 heterocycles. The van der Waals surface area contributed by atoms with Crippen LogP contribution in [0.3, 0.4) is 0 Å². The minimum Gasteiger partial charge on any atom is -0.480 e. The van der Waals surface area contributed by atoms with Crippen LogP contribution in [0.4, 0.5) is 5.82 Å². The number of carbonyl (C=O) groups is 2. The fourth-order valence-corrected chi connectivity index (χ4v) is 4.90. The molecule has 33 heavy (non-hydrogen) atoms. The van der Waals surface area contributed by atoms with Gasteiger partial charge in [0.2, 0.25) is 5.91 Å². The third-order valence-electron chi connectivity index (χ3n) is 7.46. The molecule has 2 fully saturated rings. The van der Waals surface area contributed by atoms with E-state index in [0.29, 0.717) is 38.6 Å². The number of pyridine rings is 1. The Balaban J connectivity index is 1.13. The highest BCUT2D eigenvalue weighted by atomic mass is 16.5. The SMILES string of the molecule is CC1(C(=O)NC(CCO[C@H]2C[C@@H](CCc3ccc4c(n3)NCCC4)C2)C(=O)O)CCOCC1. The number of nitrogens with zero attached hydrogens (tertiary/aromatic N) is 1. The molecule has 0 aromatic carbocycles. The van der Waals surface area contributed by atoms with Gasteiger partial charge >= 0.3 is 5.97 Å². The Labute approximate surface area is 195 Å². The molecule has 0 radical (unpaired) electrons. The zero-order valence-electron chi connectivity index (χ0n) is 19.6. The van der Waals surface area contributed by atoms with Crippen molar-refractivity contribution in [3.8, 4) is 0 Å². The second-order valence-electron chi connectivity index (χ2n) is 10.0. The lowest BCUT2D eigenvalue weighted by Gasteiger charge is -2.36. The van der Waals surface area contributed by atoms with Crippen LogP contribution >= 0.6 is 0 Å². The molecule has 3 N–H and O–H groups in total. The lowest BCUT2D eigenvalue weighted by atomic mass is 9.79. The van der Waals surface area contributed by atoms with E-state index in [-0.39, 0.29) is 18.4 Å². The van der Waals surface area contributed by atoms with Crippen molar-refractivity contribution in [2.45, 2.75) is 76.9 Å². The molecular formula is C25H37N3O5. The smallest absolute Gasteiger partial charge is 0.326 e. The Morgan fingerprint density at radius 2 is 2.12 bits per heavy atom. The van der Waals surface area contributed by atoms with Crippen molar-refractivity contribution >= 4 is 17.7 Å². The van der Waals surface area contributed by atoms with Gasteiger partial charge in [-0.2, -0.15) is 0 Å². The van der Waals surface area contributed by atoms with E-state index in [1.54, 1.807) is 0 Å². The molecule has 1 unspecified atom stereocenters. The minimum atomic E-state index is -1.01. The van der Waals surface area contributed by atoms with Gasteiger partial charge in [0.05, 0.1) is 11.5 Å². The summed E-state index contributed by atoms with van der Waals surface area (Å²) in [5, 5.41) is 15.6. The number of amides is 1. The van der Waals surface area contributed by atoms with Crippen LogP contribution in [0, 0.1) is 11.3 Å². The maximum absolute atomic E-state index is 12.6. The third kappa shape index (κ3) is 6.23. The molecule has 0 bridgehead atoms. The van der Waals surface area contributed by atoms with Crippen molar-refractivity contribution in [1.82, 2.24) is 10.3 Å². The number of aryl methyl sites for hydroxylation is 2. The summed E-state index contributed by atoms with van der Waals surface area (Å²) in [6.07, 6.45) is 8.06. The van der Waals surface area contributed by atoms with Crippen molar-refractivity contribution in [2.24, 2.45) is 11.3 Å². The molecular weight excluding hydrogens is 422 g/mol. The van der Waals surface area contributed by atoms with Crippen LogP contribution in [0.15, 0.2) is 12.1 Å². The van der Waals surface area contributed by atoms with Crippen molar-refractivity contribution in [2.75, 3.05) is 31.7 Å². The first-order valence-corrected chi connectivity index (χ1v) is 12.4. The Morgan fingerprint density at radius 3 is 2.88 bits per heavy atom. The molecule has 1 saturated heterocycles. The van der Waals surface area contributed by atoms with Crippen molar-refractivity contribution in [3.63, 3.8) is 0 Å². The summed E-state index contributed by atoms with van der Waals surface area (Å²) in [4.78, 5) is 29.0. The van der Waals surface area contributed by atoms with Crippen molar-refractivity contribution in [1.29, 1.82) is 0 Å². The van der Waals surface area contributed by atoms with E-state index in [1.807, 2.05) is 6.92 Å². The van der Waals surface area contributed by atoms with Crippen molar-refractivity contribution in [3.05, 3.63) is 23.4 Å². The van der Waals surface area contributed by atoms with Gasteiger partial charge in [0.15, 0.2) is 0 Å². The Morgan fingerprint density at radius 1 is 1.33 bits per heavy atom. The average molecular weight is 460 g/mol. The Hall–Kier alpha value is -2.19. The summed E-state index contributed by atoms with van der Waals surface area (Å²) in [7, 11) is 0. The summed E-state index contributed by atoms with van der Waals surface area (Å²) in [6.45, 7) is 4.29. The number of anilines is 1. The van der Waals surface area contributed by atoms with Gasteiger partial charge in [-0.3, -0.25) is 4.79 Å². The van der Waals surface area contributed by atoms with E-state index in [0.717, 1.165) is 50.2 Å². The highest BCUT2D eigenvalue weighted by molar-refractivity contribution is 5.87. The van der Waals surface area contributed by atoms with E-state index in [2.05, 4.69) is 22.8 Å². The van der Waals surface area contributed by atoms with Crippen LogP contribution in [0.1, 0.15) is 63.1 Å². The van der Waals surface area contributed by atoms with E-state index >= 15 is 0 Å². The van der Waals surface area contributed by atoms with Crippen LogP contribution < -0.4 is 10.6 Å². The minimum absolute atomic E-state index is 0.186. The first kappa shape index (κ1) is 24.0. The van der Waals surface area contributed by atoms with E-state index in [9.17, 15) is 14.7 Å². The molecule has 1 atom stereocenters. The maximum atomic E-state index is 12.6. The topological polar surface area (TPSA) is 110 Å². The molecule has 1 amide bonds. The van der Waals surface area contributed by atoms with Gasteiger partial charge in [-0.05, 0) is 68.9 Å². The quantitative estimate of drug-likeness (QED) is 0.493. The number of hydrogen-bond acceptors (Lipinski definition) is 6. The fourth-order valence-electron chi connectivity index (χ4n) is 4.90. The summed E-state index contributed by atoms with van der Waals surface area (Å²) in [6, 6.07) is 3.44. The van der Waals surface area contributed by atoms with Crippen LogP contribution in [0.5, 0.6) is 0 Å². The Bertz CT molecular complexity index is 833. The van der Waals surface area contributed by atoms with Crippen LogP contribution in [-0.4, -0.2) is 60.5 Å². The number of aliphatic carboxylic acids is 1. The average Bonchev–Trinajstić information content (AvgIpc) is 2.79. The number of ether oxygens (including phenoxy) is 2. The first-order valence-electron chi connectivity index (χ1n) is 12.4. The third-order valence-corrected chi connectivity index (χ3v) is 7.46. The summed E-state index contributed by atoms with van der Waals surface area (Å²) in [5.74, 6) is 0.470.